The quantitative estimate of drug-likeness (QED) is 0.211. The van der Waals surface area contributed by atoms with Crippen LogP contribution in [0.3, 0.4) is 0 Å². The van der Waals surface area contributed by atoms with E-state index >= 15 is 0 Å². The third-order valence-corrected chi connectivity index (χ3v) is 10.6. The summed E-state index contributed by atoms with van der Waals surface area (Å²) in [5.74, 6) is -1.31. The fraction of sp³-hybridized carbons (Fsp3) is 0.439. The standard InChI is InChI=1S/C41H52FN5O3/c1-45-27-8-12-35(45)22-26-44-39(49)36(28-31-16-20-34(42)21-17-31)47(3)40(50)37(46(2)38(48)13-7-23-41(43)24-9-25-41)29-30-14-18-33(19-15-30)32-10-5-4-6-11-32/h4-7,10-11,13-21,35-37H,8-9,12,22-29,43H2,1-3H3,(H,44,49)/t35?,36-,37-/m1/s1. The second kappa shape index (κ2) is 17.1. The summed E-state index contributed by atoms with van der Waals surface area (Å²) in [6.07, 6.45) is 10.4. The van der Waals surface area contributed by atoms with E-state index in [0.717, 1.165) is 67.3 Å². The highest BCUT2D eigenvalue weighted by Gasteiger charge is 2.35. The Morgan fingerprint density at radius 3 is 2.12 bits per heavy atom. The van der Waals surface area contributed by atoms with Crippen molar-refractivity contribution in [3.8, 4) is 11.1 Å². The molecule has 3 aromatic carbocycles. The minimum atomic E-state index is -0.883. The highest BCUT2D eigenvalue weighted by atomic mass is 19.1. The van der Waals surface area contributed by atoms with Crippen LogP contribution in [0.5, 0.6) is 0 Å². The van der Waals surface area contributed by atoms with Crippen LogP contribution in [-0.2, 0) is 27.2 Å². The Labute approximate surface area is 296 Å². The average molecular weight is 682 g/mol. The van der Waals surface area contributed by atoms with Crippen molar-refractivity contribution < 1.29 is 18.8 Å². The Morgan fingerprint density at radius 2 is 1.52 bits per heavy atom. The molecule has 1 saturated carbocycles. The number of halogens is 1. The summed E-state index contributed by atoms with van der Waals surface area (Å²) in [5, 5.41) is 3.08. The molecule has 1 aliphatic heterocycles. The number of nitrogens with two attached hydrogens (primary N) is 1. The van der Waals surface area contributed by atoms with E-state index < -0.39 is 12.1 Å². The first kappa shape index (κ1) is 36.9. The fourth-order valence-corrected chi connectivity index (χ4v) is 7.04. The molecule has 9 heteroatoms. The summed E-state index contributed by atoms with van der Waals surface area (Å²) in [6.45, 7) is 1.53. The van der Waals surface area contributed by atoms with E-state index in [4.69, 9.17) is 5.73 Å². The Hall–Kier alpha value is -4.34. The first-order valence-electron chi connectivity index (χ1n) is 17.9. The molecule has 1 aliphatic carbocycles. The van der Waals surface area contributed by atoms with Crippen LogP contribution in [0, 0.1) is 5.82 Å². The molecule has 2 aliphatic rings. The molecule has 2 fully saturated rings. The van der Waals surface area contributed by atoms with E-state index in [-0.39, 0.29) is 41.9 Å². The van der Waals surface area contributed by atoms with Crippen molar-refractivity contribution in [2.24, 2.45) is 5.73 Å². The number of likely N-dealkylation sites (N-methyl/N-ethyl adjacent to an activating group) is 2. The molecule has 266 valence electrons. The third kappa shape index (κ3) is 9.67. The van der Waals surface area contributed by atoms with Crippen molar-refractivity contribution >= 4 is 17.7 Å². The highest BCUT2D eigenvalue weighted by Crippen LogP contribution is 2.32. The van der Waals surface area contributed by atoms with Gasteiger partial charge >= 0.3 is 0 Å². The van der Waals surface area contributed by atoms with Crippen molar-refractivity contribution in [2.75, 3.05) is 34.2 Å². The second-order valence-electron chi connectivity index (χ2n) is 14.2. The summed E-state index contributed by atoms with van der Waals surface area (Å²) in [6, 6.07) is 22.7. The Bertz CT molecular complexity index is 1610. The molecule has 1 saturated heterocycles. The largest absolute Gasteiger partial charge is 0.354 e. The highest BCUT2D eigenvalue weighted by molar-refractivity contribution is 5.95. The normalized spacial score (nSPS) is 18.3. The zero-order valence-electron chi connectivity index (χ0n) is 29.7. The predicted octanol–water partition coefficient (Wildman–Crippen LogP) is 5.36. The van der Waals surface area contributed by atoms with Gasteiger partial charge in [-0.05, 0) is 99.0 Å². The van der Waals surface area contributed by atoms with E-state index in [1.54, 1.807) is 26.2 Å². The van der Waals surface area contributed by atoms with Gasteiger partial charge in [-0.2, -0.15) is 0 Å². The molecule has 5 rings (SSSR count). The molecule has 0 radical (unpaired) electrons. The first-order valence-corrected chi connectivity index (χ1v) is 17.9. The van der Waals surface area contributed by atoms with Crippen LogP contribution in [0.15, 0.2) is 91.0 Å². The van der Waals surface area contributed by atoms with Gasteiger partial charge in [0.25, 0.3) is 0 Å². The maximum absolute atomic E-state index is 14.5. The monoisotopic (exact) mass is 681 g/mol. The third-order valence-electron chi connectivity index (χ3n) is 10.6. The lowest BCUT2D eigenvalue weighted by molar-refractivity contribution is -0.146. The first-order chi connectivity index (χ1) is 24.0. The van der Waals surface area contributed by atoms with Gasteiger partial charge in [-0.25, -0.2) is 4.39 Å². The van der Waals surface area contributed by atoms with Crippen LogP contribution < -0.4 is 11.1 Å². The van der Waals surface area contributed by atoms with Gasteiger partial charge in [-0.3, -0.25) is 14.4 Å². The fourth-order valence-electron chi connectivity index (χ4n) is 7.04. The maximum Gasteiger partial charge on any atom is 0.246 e. The number of amides is 3. The second-order valence-corrected chi connectivity index (χ2v) is 14.2. The zero-order valence-corrected chi connectivity index (χ0v) is 29.7. The molecule has 0 spiro atoms. The average Bonchev–Trinajstić information content (AvgIpc) is 3.53. The Kier molecular flexibility index (Phi) is 12.6. The number of carbonyl (C=O) groups is 3. The molecule has 3 amide bonds. The topological polar surface area (TPSA) is 99.0 Å². The number of hydrogen-bond donors (Lipinski definition) is 2. The van der Waals surface area contributed by atoms with E-state index in [1.807, 2.05) is 60.7 Å². The molecule has 50 heavy (non-hydrogen) atoms. The molecule has 3 aromatic rings. The summed E-state index contributed by atoms with van der Waals surface area (Å²) in [4.78, 5) is 47.2. The van der Waals surface area contributed by atoms with Gasteiger partial charge in [0.15, 0.2) is 0 Å². The van der Waals surface area contributed by atoms with Crippen molar-refractivity contribution in [1.82, 2.24) is 20.0 Å². The van der Waals surface area contributed by atoms with E-state index in [0.29, 0.717) is 19.0 Å². The van der Waals surface area contributed by atoms with Gasteiger partial charge in [0, 0.05) is 45.1 Å². The van der Waals surface area contributed by atoms with Crippen molar-refractivity contribution in [1.29, 1.82) is 0 Å². The number of carbonyl (C=O) groups excluding carboxylic acids is 3. The minimum Gasteiger partial charge on any atom is -0.354 e. The lowest BCUT2D eigenvalue weighted by Gasteiger charge is -2.37. The van der Waals surface area contributed by atoms with Crippen LogP contribution in [0.25, 0.3) is 11.1 Å². The lowest BCUT2D eigenvalue weighted by Crippen LogP contribution is -2.56. The van der Waals surface area contributed by atoms with Crippen molar-refractivity contribution in [3.63, 3.8) is 0 Å². The summed E-state index contributed by atoms with van der Waals surface area (Å²) >= 11 is 0. The van der Waals surface area contributed by atoms with Gasteiger partial charge < -0.3 is 25.8 Å². The molecule has 0 aromatic heterocycles. The summed E-state index contributed by atoms with van der Waals surface area (Å²) in [7, 11) is 5.36. The number of benzene rings is 3. The van der Waals surface area contributed by atoms with Gasteiger partial charge in [-0.15, -0.1) is 0 Å². The molecular weight excluding hydrogens is 629 g/mol. The molecule has 0 bridgehead atoms. The Balaban J connectivity index is 1.37. The summed E-state index contributed by atoms with van der Waals surface area (Å²) in [5.41, 5.74) is 9.87. The predicted molar refractivity (Wildman–Crippen MR) is 197 cm³/mol. The molecule has 3 N–H and O–H groups in total. The smallest absolute Gasteiger partial charge is 0.246 e. The number of hydrogen-bond acceptors (Lipinski definition) is 5. The molecule has 1 heterocycles. The molecule has 1 unspecified atom stereocenters. The van der Waals surface area contributed by atoms with Crippen LogP contribution in [0.2, 0.25) is 0 Å². The molecular formula is C41H52FN5O3. The van der Waals surface area contributed by atoms with Crippen LogP contribution >= 0.6 is 0 Å². The van der Waals surface area contributed by atoms with Crippen molar-refractivity contribution in [2.45, 2.75) is 81.5 Å². The molecule has 3 atom stereocenters. The number of rotatable bonds is 15. The van der Waals surface area contributed by atoms with Gasteiger partial charge in [0.1, 0.15) is 17.9 Å². The zero-order chi connectivity index (χ0) is 35.7. The SMILES string of the molecule is CN1CCCC1CCNC(=O)[C@@H](Cc1ccc(F)cc1)N(C)C(=O)[C@@H](Cc1ccc(-c2ccccc2)cc1)N(C)C(=O)C=CCC1(N)CCC1. The van der Waals surface area contributed by atoms with E-state index in [9.17, 15) is 18.8 Å². The number of nitrogens with one attached hydrogen (secondary N) is 1. The van der Waals surface area contributed by atoms with Gasteiger partial charge in [-0.1, -0.05) is 72.8 Å². The van der Waals surface area contributed by atoms with Crippen LogP contribution in [0.1, 0.15) is 56.1 Å². The summed E-state index contributed by atoms with van der Waals surface area (Å²) < 4.78 is 13.8. The van der Waals surface area contributed by atoms with E-state index in [2.05, 4.69) is 17.3 Å². The van der Waals surface area contributed by atoms with Gasteiger partial charge in [0.05, 0.1) is 0 Å². The minimum absolute atomic E-state index is 0.201. The lowest BCUT2D eigenvalue weighted by atomic mass is 9.75. The maximum atomic E-state index is 14.5. The molecule has 8 nitrogen and oxygen atoms in total. The van der Waals surface area contributed by atoms with Crippen LogP contribution in [0.4, 0.5) is 4.39 Å². The van der Waals surface area contributed by atoms with Crippen molar-refractivity contribution in [3.05, 3.63) is 108 Å². The van der Waals surface area contributed by atoms with E-state index in [1.165, 1.54) is 28.0 Å². The van der Waals surface area contributed by atoms with Crippen LogP contribution in [-0.4, -0.2) is 90.3 Å². The number of nitrogens with zero attached hydrogens (tertiary/aromatic N) is 3. The number of likely N-dealkylation sites (tertiary alicyclic amines) is 1. The Morgan fingerprint density at radius 1 is 0.900 bits per heavy atom. The van der Waals surface area contributed by atoms with Gasteiger partial charge in [0.2, 0.25) is 17.7 Å².